The summed E-state index contributed by atoms with van der Waals surface area (Å²) in [5.74, 6) is 0.851. The maximum atomic E-state index is 5.34. The lowest BCUT2D eigenvalue weighted by molar-refractivity contribution is 0.431. The van der Waals surface area contributed by atoms with Crippen molar-refractivity contribution >= 4 is 5.88 Å². The fourth-order valence-electron chi connectivity index (χ4n) is 2.20. The van der Waals surface area contributed by atoms with Crippen LogP contribution in [0.5, 0.6) is 0 Å². The predicted molar refractivity (Wildman–Crippen MR) is 63.5 cm³/mol. The minimum atomic E-state index is 0.851. The normalized spacial score (nSPS) is 14.3. The van der Waals surface area contributed by atoms with Crippen LogP contribution in [0, 0.1) is 6.92 Å². The Labute approximate surface area is 94.5 Å². The number of aryl methyl sites for hydroxylation is 1. The van der Waals surface area contributed by atoms with Crippen LogP contribution in [0.3, 0.4) is 0 Å². The highest BCUT2D eigenvalue weighted by Crippen LogP contribution is 2.33. The largest absolute Gasteiger partial charge is 0.354 e. The smallest absolute Gasteiger partial charge is 0.228 e. The first-order valence-corrected chi connectivity index (χ1v) is 5.64. The van der Waals surface area contributed by atoms with Crippen molar-refractivity contribution in [2.75, 3.05) is 11.9 Å². The summed E-state index contributed by atoms with van der Waals surface area (Å²) in [6, 6.07) is 8.29. The van der Waals surface area contributed by atoms with E-state index in [0.717, 1.165) is 31.0 Å². The van der Waals surface area contributed by atoms with E-state index in [-0.39, 0.29) is 0 Å². The molecule has 16 heavy (non-hydrogen) atoms. The zero-order chi connectivity index (χ0) is 11.0. The summed E-state index contributed by atoms with van der Waals surface area (Å²) in [6.45, 7) is 3.09. The van der Waals surface area contributed by atoms with E-state index in [2.05, 4.69) is 29.5 Å². The Hall–Kier alpha value is -1.77. The first kappa shape index (κ1) is 9.46. The summed E-state index contributed by atoms with van der Waals surface area (Å²) in [5, 5.41) is 7.43. The third-order valence-corrected chi connectivity index (χ3v) is 3.08. The van der Waals surface area contributed by atoms with Crippen LogP contribution in [0.15, 0.2) is 28.8 Å². The SMILES string of the molecule is Cc1ccccc1-c1noc2c1CCCN2. The summed E-state index contributed by atoms with van der Waals surface area (Å²) in [6.07, 6.45) is 2.20. The Morgan fingerprint density at radius 1 is 1.31 bits per heavy atom. The number of rotatable bonds is 1. The fraction of sp³-hybridized carbons (Fsp3) is 0.308. The molecule has 3 rings (SSSR count). The number of nitrogens with one attached hydrogen (secondary N) is 1. The molecule has 0 spiro atoms. The van der Waals surface area contributed by atoms with Crippen LogP contribution in [0.25, 0.3) is 11.3 Å². The molecule has 0 amide bonds. The van der Waals surface area contributed by atoms with Gasteiger partial charge in [-0.1, -0.05) is 29.4 Å². The number of fused-ring (bicyclic) bond motifs is 1. The minimum absolute atomic E-state index is 0.851. The van der Waals surface area contributed by atoms with E-state index in [4.69, 9.17) is 4.52 Å². The number of hydrogen-bond acceptors (Lipinski definition) is 3. The van der Waals surface area contributed by atoms with E-state index in [0.29, 0.717) is 0 Å². The van der Waals surface area contributed by atoms with E-state index in [1.807, 2.05) is 12.1 Å². The van der Waals surface area contributed by atoms with Crippen LogP contribution >= 0.6 is 0 Å². The lowest BCUT2D eigenvalue weighted by Gasteiger charge is -2.12. The summed E-state index contributed by atoms with van der Waals surface area (Å²) in [7, 11) is 0. The Morgan fingerprint density at radius 2 is 2.19 bits per heavy atom. The van der Waals surface area contributed by atoms with Gasteiger partial charge in [0.15, 0.2) is 0 Å². The van der Waals surface area contributed by atoms with Gasteiger partial charge in [-0.3, -0.25) is 0 Å². The second-order valence-electron chi connectivity index (χ2n) is 4.18. The molecule has 0 aliphatic carbocycles. The number of nitrogens with zero attached hydrogens (tertiary/aromatic N) is 1. The summed E-state index contributed by atoms with van der Waals surface area (Å²) in [5.41, 5.74) is 4.64. The average Bonchev–Trinajstić information content (AvgIpc) is 2.74. The topological polar surface area (TPSA) is 38.1 Å². The molecule has 0 radical (unpaired) electrons. The summed E-state index contributed by atoms with van der Waals surface area (Å²) >= 11 is 0. The summed E-state index contributed by atoms with van der Waals surface area (Å²) in [4.78, 5) is 0. The molecule has 1 aromatic carbocycles. The van der Waals surface area contributed by atoms with Gasteiger partial charge in [-0.25, -0.2) is 0 Å². The molecular formula is C13H14N2O. The lowest BCUT2D eigenvalue weighted by atomic mass is 9.99. The second kappa shape index (κ2) is 3.67. The van der Waals surface area contributed by atoms with Crippen LogP contribution in [-0.4, -0.2) is 11.7 Å². The highest BCUT2D eigenvalue weighted by atomic mass is 16.5. The zero-order valence-electron chi connectivity index (χ0n) is 9.29. The molecule has 1 aliphatic rings. The van der Waals surface area contributed by atoms with Crippen molar-refractivity contribution in [3.63, 3.8) is 0 Å². The molecule has 1 aromatic heterocycles. The quantitative estimate of drug-likeness (QED) is 0.793. The van der Waals surface area contributed by atoms with Gasteiger partial charge in [0, 0.05) is 17.7 Å². The van der Waals surface area contributed by atoms with Gasteiger partial charge in [0.1, 0.15) is 5.69 Å². The van der Waals surface area contributed by atoms with Crippen LogP contribution in [0.2, 0.25) is 0 Å². The molecule has 1 aliphatic heterocycles. The Morgan fingerprint density at radius 3 is 3.06 bits per heavy atom. The molecule has 0 bridgehead atoms. The molecule has 2 aromatic rings. The van der Waals surface area contributed by atoms with Gasteiger partial charge in [0.2, 0.25) is 5.88 Å². The highest BCUT2D eigenvalue weighted by Gasteiger charge is 2.20. The Bertz CT molecular complexity index is 516. The molecular weight excluding hydrogens is 200 g/mol. The van der Waals surface area contributed by atoms with E-state index in [1.54, 1.807) is 0 Å². The number of aromatic nitrogens is 1. The fourth-order valence-corrected chi connectivity index (χ4v) is 2.20. The van der Waals surface area contributed by atoms with Gasteiger partial charge >= 0.3 is 0 Å². The maximum absolute atomic E-state index is 5.34. The number of benzene rings is 1. The number of anilines is 1. The third kappa shape index (κ3) is 1.40. The Balaban J connectivity index is 2.13. The second-order valence-corrected chi connectivity index (χ2v) is 4.18. The van der Waals surface area contributed by atoms with Crippen LogP contribution < -0.4 is 5.32 Å². The molecule has 0 saturated heterocycles. The van der Waals surface area contributed by atoms with Gasteiger partial charge in [-0.05, 0) is 25.3 Å². The zero-order valence-corrected chi connectivity index (χ0v) is 9.29. The first-order valence-electron chi connectivity index (χ1n) is 5.64. The third-order valence-electron chi connectivity index (χ3n) is 3.08. The molecule has 0 fully saturated rings. The molecule has 0 atom stereocenters. The van der Waals surface area contributed by atoms with Crippen molar-refractivity contribution in [3.05, 3.63) is 35.4 Å². The minimum Gasteiger partial charge on any atom is -0.354 e. The van der Waals surface area contributed by atoms with E-state index < -0.39 is 0 Å². The van der Waals surface area contributed by atoms with Crippen molar-refractivity contribution in [2.45, 2.75) is 19.8 Å². The molecule has 3 nitrogen and oxygen atoms in total. The average molecular weight is 214 g/mol. The Kier molecular flexibility index (Phi) is 2.17. The molecule has 3 heteroatoms. The van der Waals surface area contributed by atoms with Crippen LogP contribution in [0.1, 0.15) is 17.5 Å². The standard InChI is InChI=1S/C13H14N2O/c1-9-5-2-3-6-10(9)12-11-7-4-8-14-13(11)16-15-12/h2-3,5-6,14H,4,7-8H2,1H3. The summed E-state index contributed by atoms with van der Waals surface area (Å²) < 4.78 is 5.34. The molecule has 0 saturated carbocycles. The van der Waals surface area contributed by atoms with Crippen LogP contribution in [0.4, 0.5) is 5.88 Å². The van der Waals surface area contributed by atoms with Crippen molar-refractivity contribution in [2.24, 2.45) is 0 Å². The van der Waals surface area contributed by atoms with Gasteiger partial charge in [-0.2, -0.15) is 0 Å². The predicted octanol–water partition coefficient (Wildman–Crippen LogP) is 3.01. The van der Waals surface area contributed by atoms with Gasteiger partial charge in [-0.15, -0.1) is 0 Å². The molecule has 2 heterocycles. The van der Waals surface area contributed by atoms with E-state index in [1.165, 1.54) is 16.7 Å². The van der Waals surface area contributed by atoms with Gasteiger partial charge in [0.05, 0.1) is 0 Å². The van der Waals surface area contributed by atoms with Crippen molar-refractivity contribution in [1.82, 2.24) is 5.16 Å². The monoisotopic (exact) mass is 214 g/mol. The van der Waals surface area contributed by atoms with E-state index >= 15 is 0 Å². The molecule has 0 unspecified atom stereocenters. The maximum Gasteiger partial charge on any atom is 0.228 e. The number of hydrogen-bond donors (Lipinski definition) is 1. The highest BCUT2D eigenvalue weighted by molar-refractivity contribution is 5.71. The molecule has 1 N–H and O–H groups in total. The van der Waals surface area contributed by atoms with Crippen molar-refractivity contribution in [3.8, 4) is 11.3 Å². The lowest BCUT2D eigenvalue weighted by Crippen LogP contribution is -2.10. The van der Waals surface area contributed by atoms with Crippen molar-refractivity contribution < 1.29 is 4.52 Å². The van der Waals surface area contributed by atoms with Crippen molar-refractivity contribution in [1.29, 1.82) is 0 Å². The van der Waals surface area contributed by atoms with Crippen LogP contribution in [-0.2, 0) is 6.42 Å². The van der Waals surface area contributed by atoms with Gasteiger partial charge < -0.3 is 9.84 Å². The van der Waals surface area contributed by atoms with E-state index in [9.17, 15) is 0 Å². The first-order chi connectivity index (χ1) is 7.86. The molecule has 82 valence electrons. The van der Waals surface area contributed by atoms with Gasteiger partial charge in [0.25, 0.3) is 0 Å².